The highest BCUT2D eigenvalue weighted by Crippen LogP contribution is 2.35. The first-order valence-corrected chi connectivity index (χ1v) is 8.76. The molecular formula is C19H36N4O. The Bertz CT molecular complexity index is 582. The monoisotopic (exact) mass is 336 g/mol. The summed E-state index contributed by atoms with van der Waals surface area (Å²) in [5, 5.41) is 12.2. The lowest BCUT2D eigenvalue weighted by Crippen LogP contribution is -2.42. The second kappa shape index (κ2) is 6.58. The fourth-order valence-corrected chi connectivity index (χ4v) is 3.44. The van der Waals surface area contributed by atoms with Crippen molar-refractivity contribution in [3.05, 3.63) is 11.9 Å². The number of nitrogens with zero attached hydrogens (tertiary/aromatic N) is 3. The molecule has 24 heavy (non-hydrogen) atoms. The molecular weight excluding hydrogens is 300 g/mol. The molecule has 1 aromatic rings. The van der Waals surface area contributed by atoms with Gasteiger partial charge in [-0.15, -0.1) is 5.10 Å². The third kappa shape index (κ3) is 4.88. The molecule has 1 rings (SSSR count). The molecule has 0 spiro atoms. The summed E-state index contributed by atoms with van der Waals surface area (Å²) in [4.78, 5) is 11.9. The van der Waals surface area contributed by atoms with Crippen LogP contribution < -0.4 is 5.32 Å². The van der Waals surface area contributed by atoms with Gasteiger partial charge in [0, 0.05) is 22.6 Å². The van der Waals surface area contributed by atoms with E-state index in [0.29, 0.717) is 0 Å². The minimum atomic E-state index is -0.376. The van der Waals surface area contributed by atoms with E-state index in [1.54, 1.807) is 6.92 Å². The first-order valence-electron chi connectivity index (χ1n) is 8.76. The standard InChI is InChI=1S/C19H36N4O/c1-14(24)16(2,3)13-19(8,9)23-11-15(21-22-23)17(4,5)12-18(6,7)20-10/h11,20H,12-13H2,1-10H3. The number of hydrogen-bond acceptors (Lipinski definition) is 4. The molecule has 0 unspecified atom stereocenters. The number of carbonyl (C=O) groups excluding carboxylic acids is 1. The van der Waals surface area contributed by atoms with Gasteiger partial charge in [-0.3, -0.25) is 4.79 Å². The quantitative estimate of drug-likeness (QED) is 0.786. The maximum atomic E-state index is 11.9. The number of hydrogen-bond donors (Lipinski definition) is 1. The SMILES string of the molecule is CNC(C)(C)CC(C)(C)c1cn(C(C)(C)CC(C)(C)C(C)=O)nn1. The molecule has 1 N–H and O–H groups in total. The van der Waals surface area contributed by atoms with Crippen LogP contribution in [0.25, 0.3) is 0 Å². The highest BCUT2D eigenvalue weighted by Gasteiger charge is 2.36. The average molecular weight is 337 g/mol. The van der Waals surface area contributed by atoms with E-state index in [-0.39, 0.29) is 27.7 Å². The van der Waals surface area contributed by atoms with E-state index >= 15 is 0 Å². The summed E-state index contributed by atoms with van der Waals surface area (Å²) in [6.07, 6.45) is 3.72. The smallest absolute Gasteiger partial charge is 0.135 e. The van der Waals surface area contributed by atoms with Crippen LogP contribution in [0.5, 0.6) is 0 Å². The Kier molecular flexibility index (Phi) is 5.71. The molecule has 0 aliphatic carbocycles. The van der Waals surface area contributed by atoms with Crippen molar-refractivity contribution in [3.8, 4) is 0 Å². The van der Waals surface area contributed by atoms with E-state index in [1.165, 1.54) is 0 Å². The Morgan fingerprint density at radius 3 is 2.08 bits per heavy atom. The highest BCUT2D eigenvalue weighted by molar-refractivity contribution is 5.81. The predicted molar refractivity (Wildman–Crippen MR) is 99.2 cm³/mol. The largest absolute Gasteiger partial charge is 0.315 e. The summed E-state index contributed by atoms with van der Waals surface area (Å²) in [6, 6.07) is 0. The zero-order chi connectivity index (χ0) is 19.0. The summed E-state index contributed by atoms with van der Waals surface area (Å²) < 4.78 is 1.92. The van der Waals surface area contributed by atoms with Crippen LogP contribution in [0.2, 0.25) is 0 Å². The van der Waals surface area contributed by atoms with E-state index in [9.17, 15) is 4.79 Å². The molecule has 0 saturated carbocycles. The van der Waals surface area contributed by atoms with Gasteiger partial charge in [-0.25, -0.2) is 4.68 Å². The number of rotatable bonds is 8. The Morgan fingerprint density at radius 2 is 1.62 bits per heavy atom. The van der Waals surface area contributed by atoms with Crippen LogP contribution in [-0.4, -0.2) is 33.4 Å². The molecule has 0 radical (unpaired) electrons. The molecule has 1 heterocycles. The second-order valence-electron chi connectivity index (χ2n) is 9.67. The lowest BCUT2D eigenvalue weighted by molar-refractivity contribution is -0.126. The molecule has 0 aromatic carbocycles. The molecule has 0 saturated heterocycles. The maximum absolute atomic E-state index is 11.9. The fraction of sp³-hybridized carbons (Fsp3) is 0.842. The van der Waals surface area contributed by atoms with Crippen LogP contribution in [0.3, 0.4) is 0 Å². The average Bonchev–Trinajstić information content (AvgIpc) is 2.87. The van der Waals surface area contributed by atoms with Gasteiger partial charge in [-0.1, -0.05) is 32.9 Å². The number of aromatic nitrogens is 3. The van der Waals surface area contributed by atoms with Crippen LogP contribution >= 0.6 is 0 Å². The molecule has 0 aliphatic heterocycles. The Hall–Kier alpha value is -1.23. The zero-order valence-electron chi connectivity index (χ0n) is 17.2. The number of Topliss-reactive ketones (excluding diaryl/α,β-unsaturated/α-hetero) is 1. The normalized spacial score (nSPS) is 14.1. The van der Waals surface area contributed by atoms with Crippen LogP contribution in [0.15, 0.2) is 6.20 Å². The van der Waals surface area contributed by atoms with Crippen molar-refractivity contribution in [2.75, 3.05) is 7.05 Å². The van der Waals surface area contributed by atoms with E-state index in [1.807, 2.05) is 31.8 Å². The predicted octanol–water partition coefficient (Wildman–Crippen LogP) is 3.68. The van der Waals surface area contributed by atoms with Gasteiger partial charge in [0.15, 0.2) is 0 Å². The minimum absolute atomic E-state index is 0.0272. The molecule has 138 valence electrons. The van der Waals surface area contributed by atoms with Gasteiger partial charge >= 0.3 is 0 Å². The molecule has 5 nitrogen and oxygen atoms in total. The lowest BCUT2D eigenvalue weighted by Gasteiger charge is -2.34. The highest BCUT2D eigenvalue weighted by atomic mass is 16.1. The number of carbonyl (C=O) groups is 1. The minimum Gasteiger partial charge on any atom is -0.315 e. The zero-order valence-corrected chi connectivity index (χ0v) is 17.2. The molecule has 0 bridgehead atoms. The van der Waals surface area contributed by atoms with E-state index in [0.717, 1.165) is 18.5 Å². The van der Waals surface area contributed by atoms with Crippen molar-refractivity contribution >= 4 is 5.78 Å². The first kappa shape index (κ1) is 20.8. The first-order chi connectivity index (χ1) is 10.6. The Morgan fingerprint density at radius 1 is 1.08 bits per heavy atom. The van der Waals surface area contributed by atoms with Gasteiger partial charge in [0.25, 0.3) is 0 Å². The van der Waals surface area contributed by atoms with Crippen LogP contribution in [0, 0.1) is 5.41 Å². The summed E-state index contributed by atoms with van der Waals surface area (Å²) in [6.45, 7) is 18.7. The van der Waals surface area contributed by atoms with E-state index < -0.39 is 0 Å². The van der Waals surface area contributed by atoms with Crippen molar-refractivity contribution in [3.63, 3.8) is 0 Å². The third-order valence-electron chi connectivity index (χ3n) is 5.20. The number of nitrogens with one attached hydrogen (secondary N) is 1. The molecule has 0 atom stereocenters. The lowest BCUT2D eigenvalue weighted by atomic mass is 9.77. The van der Waals surface area contributed by atoms with Gasteiger partial charge in [-0.05, 0) is 54.5 Å². The van der Waals surface area contributed by atoms with Crippen molar-refractivity contribution in [1.29, 1.82) is 0 Å². The third-order valence-corrected chi connectivity index (χ3v) is 5.20. The van der Waals surface area contributed by atoms with Gasteiger partial charge < -0.3 is 5.32 Å². The van der Waals surface area contributed by atoms with Crippen molar-refractivity contribution in [2.45, 2.75) is 91.6 Å². The summed E-state index contributed by atoms with van der Waals surface area (Å²) in [5.41, 5.74) is 0.282. The van der Waals surface area contributed by atoms with Gasteiger partial charge in [-0.2, -0.15) is 0 Å². The molecule has 1 aromatic heterocycles. The van der Waals surface area contributed by atoms with Gasteiger partial charge in [0.1, 0.15) is 5.78 Å². The molecule has 0 amide bonds. The van der Waals surface area contributed by atoms with Crippen LogP contribution in [0.1, 0.15) is 80.8 Å². The topological polar surface area (TPSA) is 59.8 Å². The fourth-order valence-electron chi connectivity index (χ4n) is 3.44. The van der Waals surface area contributed by atoms with Gasteiger partial charge in [0.05, 0.1) is 11.2 Å². The Balaban J connectivity index is 3.05. The molecule has 0 fully saturated rings. The van der Waals surface area contributed by atoms with E-state index in [2.05, 4.69) is 57.2 Å². The van der Waals surface area contributed by atoms with Crippen LogP contribution in [-0.2, 0) is 15.7 Å². The number of ketones is 1. The second-order valence-corrected chi connectivity index (χ2v) is 9.67. The maximum Gasteiger partial charge on any atom is 0.135 e. The van der Waals surface area contributed by atoms with Gasteiger partial charge in [0.2, 0.25) is 0 Å². The van der Waals surface area contributed by atoms with Crippen molar-refractivity contribution in [2.24, 2.45) is 5.41 Å². The van der Waals surface area contributed by atoms with E-state index in [4.69, 9.17) is 0 Å². The van der Waals surface area contributed by atoms with Crippen LogP contribution in [0.4, 0.5) is 0 Å². The molecule has 0 aliphatic rings. The van der Waals surface area contributed by atoms with Crippen molar-refractivity contribution in [1.82, 2.24) is 20.3 Å². The Labute approximate surface area is 147 Å². The summed E-state index contributed by atoms with van der Waals surface area (Å²) in [7, 11) is 1.99. The summed E-state index contributed by atoms with van der Waals surface area (Å²) >= 11 is 0. The summed E-state index contributed by atoms with van der Waals surface area (Å²) in [5.74, 6) is 0.201. The van der Waals surface area contributed by atoms with Crippen molar-refractivity contribution < 1.29 is 4.79 Å². The molecule has 5 heteroatoms.